The van der Waals surface area contributed by atoms with Crippen molar-refractivity contribution in [2.75, 3.05) is 6.61 Å². The average Bonchev–Trinajstić information content (AvgIpc) is 3.40. The molecule has 0 unspecified atom stereocenters. The van der Waals surface area contributed by atoms with Crippen LogP contribution in [-0.4, -0.2) is 32.3 Å². The monoisotopic (exact) mass is 387 g/mol. The van der Waals surface area contributed by atoms with Gasteiger partial charge in [0.05, 0.1) is 12.8 Å². The standard InChI is InChI=1S/C23H25N5O/c1-3-18(2)20-8-5-7-11-23(20)29-13-12-27-15-19(14-26-28-16-24-25-17-28)21-9-4-6-10-22(21)27/h4-11,14-18H,3,12-13H2,1-2H3/b26-14-/t18-/m0/s1. The van der Waals surface area contributed by atoms with Gasteiger partial charge in [-0.15, -0.1) is 10.2 Å². The summed E-state index contributed by atoms with van der Waals surface area (Å²) in [6.45, 7) is 5.81. The molecular formula is C23H25N5O. The molecule has 0 bridgehead atoms. The first kappa shape index (κ1) is 18.9. The van der Waals surface area contributed by atoms with Crippen molar-refractivity contribution in [1.82, 2.24) is 19.4 Å². The first-order chi connectivity index (χ1) is 14.3. The van der Waals surface area contributed by atoms with Gasteiger partial charge >= 0.3 is 0 Å². The molecule has 0 amide bonds. The molecule has 0 spiro atoms. The smallest absolute Gasteiger partial charge is 0.141 e. The Morgan fingerprint density at radius 3 is 2.66 bits per heavy atom. The van der Waals surface area contributed by atoms with Crippen LogP contribution in [0.3, 0.4) is 0 Å². The van der Waals surface area contributed by atoms with Gasteiger partial charge in [0.25, 0.3) is 0 Å². The summed E-state index contributed by atoms with van der Waals surface area (Å²) in [4.78, 5) is 0. The molecule has 2 heterocycles. The molecule has 4 rings (SSSR count). The van der Waals surface area contributed by atoms with Crippen LogP contribution in [-0.2, 0) is 6.54 Å². The van der Waals surface area contributed by atoms with Gasteiger partial charge in [0.15, 0.2) is 0 Å². The van der Waals surface area contributed by atoms with Crippen molar-refractivity contribution < 1.29 is 4.74 Å². The number of benzene rings is 2. The average molecular weight is 387 g/mol. The number of ether oxygens (including phenoxy) is 1. The number of para-hydroxylation sites is 2. The lowest BCUT2D eigenvalue weighted by Crippen LogP contribution is -2.09. The van der Waals surface area contributed by atoms with Crippen molar-refractivity contribution in [3.63, 3.8) is 0 Å². The van der Waals surface area contributed by atoms with Gasteiger partial charge in [-0.2, -0.15) is 5.10 Å². The number of fused-ring (bicyclic) bond motifs is 1. The van der Waals surface area contributed by atoms with Gasteiger partial charge in [-0.1, -0.05) is 50.2 Å². The molecule has 29 heavy (non-hydrogen) atoms. The van der Waals surface area contributed by atoms with E-state index in [-0.39, 0.29) is 0 Å². The van der Waals surface area contributed by atoms with Crippen molar-refractivity contribution in [1.29, 1.82) is 0 Å². The molecule has 4 aromatic rings. The maximum atomic E-state index is 6.17. The molecular weight excluding hydrogens is 362 g/mol. The van der Waals surface area contributed by atoms with Gasteiger partial charge in [0, 0.05) is 22.7 Å². The van der Waals surface area contributed by atoms with Gasteiger partial charge < -0.3 is 9.30 Å². The van der Waals surface area contributed by atoms with Crippen LogP contribution < -0.4 is 4.74 Å². The lowest BCUT2D eigenvalue weighted by atomic mass is 9.98. The molecule has 0 aliphatic heterocycles. The normalized spacial score (nSPS) is 12.6. The van der Waals surface area contributed by atoms with Gasteiger partial charge in [0.1, 0.15) is 25.0 Å². The summed E-state index contributed by atoms with van der Waals surface area (Å²) >= 11 is 0. The van der Waals surface area contributed by atoms with Crippen molar-refractivity contribution in [2.45, 2.75) is 32.7 Å². The Bertz CT molecular complexity index is 1100. The molecule has 0 radical (unpaired) electrons. The van der Waals surface area contributed by atoms with E-state index in [1.165, 1.54) is 5.56 Å². The van der Waals surface area contributed by atoms with E-state index >= 15 is 0 Å². The molecule has 1 atom stereocenters. The quantitative estimate of drug-likeness (QED) is 0.412. The Morgan fingerprint density at radius 2 is 1.83 bits per heavy atom. The molecule has 6 nitrogen and oxygen atoms in total. The Morgan fingerprint density at radius 1 is 1.07 bits per heavy atom. The molecule has 0 fully saturated rings. The Labute approximate surface area is 170 Å². The van der Waals surface area contributed by atoms with Crippen LogP contribution in [0, 0.1) is 0 Å². The van der Waals surface area contributed by atoms with E-state index < -0.39 is 0 Å². The summed E-state index contributed by atoms with van der Waals surface area (Å²) < 4.78 is 9.97. The van der Waals surface area contributed by atoms with Crippen molar-refractivity contribution in [3.8, 4) is 5.75 Å². The van der Waals surface area contributed by atoms with Crippen LogP contribution in [0.15, 0.2) is 72.5 Å². The molecule has 2 aromatic heterocycles. The Kier molecular flexibility index (Phi) is 5.70. The van der Waals surface area contributed by atoms with Gasteiger partial charge in [0.2, 0.25) is 0 Å². The topological polar surface area (TPSA) is 57.2 Å². The summed E-state index contributed by atoms with van der Waals surface area (Å²) in [6.07, 6.45) is 8.18. The van der Waals surface area contributed by atoms with Crippen LogP contribution in [0.2, 0.25) is 0 Å². The van der Waals surface area contributed by atoms with Gasteiger partial charge in [-0.05, 0) is 30.0 Å². The minimum atomic E-state index is 0.485. The second-order valence-electron chi connectivity index (χ2n) is 7.08. The molecule has 0 saturated carbocycles. The predicted octanol–water partition coefficient (Wildman–Crippen LogP) is 4.71. The molecule has 6 heteroatoms. The fraction of sp³-hybridized carbons (Fsp3) is 0.261. The highest BCUT2D eigenvalue weighted by Crippen LogP contribution is 2.28. The fourth-order valence-electron chi connectivity index (χ4n) is 3.44. The highest BCUT2D eigenvalue weighted by atomic mass is 16.5. The lowest BCUT2D eigenvalue weighted by Gasteiger charge is -2.16. The summed E-state index contributed by atoms with van der Waals surface area (Å²) in [6, 6.07) is 16.7. The van der Waals surface area contributed by atoms with Gasteiger partial charge in [-0.3, -0.25) is 0 Å². The van der Waals surface area contributed by atoms with Crippen molar-refractivity contribution in [3.05, 3.63) is 78.5 Å². The zero-order valence-electron chi connectivity index (χ0n) is 16.8. The third kappa shape index (κ3) is 4.21. The zero-order valence-corrected chi connectivity index (χ0v) is 16.8. The molecule has 2 aromatic carbocycles. The van der Waals surface area contributed by atoms with E-state index in [2.05, 4.69) is 76.3 Å². The summed E-state index contributed by atoms with van der Waals surface area (Å²) in [5.74, 6) is 1.46. The molecule has 0 aliphatic rings. The number of nitrogens with zero attached hydrogens (tertiary/aromatic N) is 5. The largest absolute Gasteiger partial charge is 0.491 e. The highest BCUT2D eigenvalue weighted by Gasteiger charge is 2.10. The zero-order chi connectivity index (χ0) is 20.1. The van der Waals surface area contributed by atoms with E-state index in [4.69, 9.17) is 4.74 Å². The highest BCUT2D eigenvalue weighted by molar-refractivity contribution is 5.99. The summed E-state index contributed by atoms with van der Waals surface area (Å²) in [7, 11) is 0. The van der Waals surface area contributed by atoms with Crippen LogP contribution in [0.25, 0.3) is 10.9 Å². The van der Waals surface area contributed by atoms with Crippen LogP contribution in [0.1, 0.15) is 37.3 Å². The van der Waals surface area contributed by atoms with Crippen LogP contribution >= 0.6 is 0 Å². The van der Waals surface area contributed by atoms with Gasteiger partial charge in [-0.25, -0.2) is 4.68 Å². The van der Waals surface area contributed by atoms with Crippen LogP contribution in [0.5, 0.6) is 5.75 Å². The number of hydrogen-bond donors (Lipinski definition) is 0. The van der Waals surface area contributed by atoms with E-state index in [9.17, 15) is 0 Å². The molecule has 148 valence electrons. The summed E-state index contributed by atoms with van der Waals surface area (Å²) in [5.41, 5.74) is 3.49. The maximum Gasteiger partial charge on any atom is 0.141 e. The fourth-order valence-corrected chi connectivity index (χ4v) is 3.44. The Hall–Kier alpha value is -3.41. The van der Waals surface area contributed by atoms with E-state index in [0.717, 1.165) is 35.2 Å². The number of rotatable bonds is 8. The predicted molar refractivity (Wildman–Crippen MR) is 116 cm³/mol. The van der Waals surface area contributed by atoms with Crippen LogP contribution in [0.4, 0.5) is 0 Å². The number of aromatic nitrogens is 4. The molecule has 0 aliphatic carbocycles. The number of hydrogen-bond acceptors (Lipinski definition) is 4. The lowest BCUT2D eigenvalue weighted by molar-refractivity contribution is 0.296. The third-order valence-corrected chi connectivity index (χ3v) is 5.21. The molecule has 0 saturated heterocycles. The molecule has 0 N–H and O–H groups in total. The minimum Gasteiger partial charge on any atom is -0.491 e. The first-order valence-electron chi connectivity index (χ1n) is 9.95. The van der Waals surface area contributed by atoms with E-state index in [0.29, 0.717) is 12.5 Å². The van der Waals surface area contributed by atoms with Crippen molar-refractivity contribution >= 4 is 17.1 Å². The maximum absolute atomic E-state index is 6.17. The van der Waals surface area contributed by atoms with Crippen molar-refractivity contribution in [2.24, 2.45) is 5.10 Å². The first-order valence-corrected chi connectivity index (χ1v) is 9.95. The summed E-state index contributed by atoms with van der Waals surface area (Å²) in [5, 5.41) is 13.1. The second-order valence-corrected chi connectivity index (χ2v) is 7.08. The third-order valence-electron chi connectivity index (χ3n) is 5.21. The Balaban J connectivity index is 1.52. The second kappa shape index (κ2) is 8.73. The van der Waals surface area contributed by atoms with E-state index in [1.54, 1.807) is 17.3 Å². The minimum absolute atomic E-state index is 0.485. The van der Waals surface area contributed by atoms with E-state index in [1.807, 2.05) is 18.3 Å². The SMILES string of the molecule is CC[C@H](C)c1ccccc1OCCn1cc(/C=N\n2cnnc2)c2ccccc21.